The van der Waals surface area contributed by atoms with E-state index in [4.69, 9.17) is 24.4 Å². The zero-order valence-corrected chi connectivity index (χ0v) is 23.7. The summed E-state index contributed by atoms with van der Waals surface area (Å²) in [5.74, 6) is 0.133. The van der Waals surface area contributed by atoms with Gasteiger partial charge in [0.2, 0.25) is 11.8 Å². The first-order valence-corrected chi connectivity index (χ1v) is 13.8. The van der Waals surface area contributed by atoms with Gasteiger partial charge in [-0.25, -0.2) is 14.3 Å². The lowest BCUT2D eigenvalue weighted by molar-refractivity contribution is -0.125. The molecule has 0 saturated carbocycles. The number of nitrogens with zero attached hydrogens (tertiary/aromatic N) is 3. The van der Waals surface area contributed by atoms with Crippen LogP contribution in [0.4, 0.5) is 0 Å². The number of methoxy groups -OCH3 is 1. The highest BCUT2D eigenvalue weighted by atomic mass is 32.1. The maximum absolute atomic E-state index is 14.2. The van der Waals surface area contributed by atoms with Crippen molar-refractivity contribution in [2.45, 2.75) is 57.9 Å². The number of aryl methyl sites for hydroxylation is 1. The number of aromatic nitrogens is 3. The summed E-state index contributed by atoms with van der Waals surface area (Å²) >= 11 is 1.23. The molecule has 40 heavy (non-hydrogen) atoms. The number of ether oxygens (including phenoxy) is 3. The van der Waals surface area contributed by atoms with Crippen LogP contribution < -0.4 is 21.7 Å². The minimum Gasteiger partial charge on any atom is -0.496 e. The highest BCUT2D eigenvalue weighted by Crippen LogP contribution is 2.37. The predicted octanol–water partition coefficient (Wildman–Crippen LogP) is 3.35. The van der Waals surface area contributed by atoms with Gasteiger partial charge in [0.25, 0.3) is 5.56 Å². The van der Waals surface area contributed by atoms with Crippen molar-refractivity contribution in [2.75, 3.05) is 20.3 Å². The zero-order chi connectivity index (χ0) is 28.6. The molecule has 1 saturated heterocycles. The summed E-state index contributed by atoms with van der Waals surface area (Å²) in [6.07, 6.45) is 3.65. The third kappa shape index (κ3) is 4.87. The van der Waals surface area contributed by atoms with E-state index in [0.29, 0.717) is 53.0 Å². The second kappa shape index (κ2) is 11.0. The van der Waals surface area contributed by atoms with E-state index in [0.717, 1.165) is 10.1 Å². The number of para-hydroxylation sites is 1. The molecule has 1 atom stereocenters. The lowest BCUT2D eigenvalue weighted by Crippen LogP contribution is -2.54. The number of carbonyl (C=O) groups is 1. The molecule has 5 rings (SSSR count). The Labute approximate surface area is 234 Å². The first kappa shape index (κ1) is 27.8. The number of rotatable bonds is 9. The van der Waals surface area contributed by atoms with E-state index < -0.39 is 28.8 Å². The van der Waals surface area contributed by atoms with Crippen molar-refractivity contribution in [2.24, 2.45) is 5.73 Å². The largest absolute Gasteiger partial charge is 0.496 e. The molecule has 1 amide bonds. The molecule has 0 bridgehead atoms. The predicted molar refractivity (Wildman–Crippen MR) is 150 cm³/mol. The van der Waals surface area contributed by atoms with E-state index in [9.17, 15) is 14.4 Å². The quantitative estimate of drug-likeness (QED) is 0.324. The van der Waals surface area contributed by atoms with E-state index >= 15 is 0 Å². The molecule has 3 aromatic heterocycles. The van der Waals surface area contributed by atoms with Gasteiger partial charge in [0, 0.05) is 18.8 Å². The molecular weight excluding hydrogens is 536 g/mol. The lowest BCUT2D eigenvalue weighted by atomic mass is 10.0. The summed E-state index contributed by atoms with van der Waals surface area (Å²) in [5, 5.41) is 0.289. The highest BCUT2D eigenvalue weighted by Gasteiger charge is 2.35. The van der Waals surface area contributed by atoms with Crippen LogP contribution in [0.15, 0.2) is 50.7 Å². The molecule has 1 aliphatic rings. The fraction of sp³-hybridized carbons (Fsp3) is 0.429. The number of carbonyl (C=O) groups excluding carboxylic acids is 1. The molecule has 2 N–H and O–H groups in total. The van der Waals surface area contributed by atoms with Gasteiger partial charge in [0.1, 0.15) is 28.5 Å². The monoisotopic (exact) mass is 568 g/mol. The van der Waals surface area contributed by atoms with Crippen LogP contribution in [0.1, 0.15) is 43.9 Å². The molecular formula is C28H32N4O7S. The number of nitrogens with two attached hydrogens (primary N) is 1. The van der Waals surface area contributed by atoms with Gasteiger partial charge in [-0.3, -0.25) is 14.2 Å². The van der Waals surface area contributed by atoms with Crippen molar-refractivity contribution in [1.82, 2.24) is 14.1 Å². The minimum atomic E-state index is -1.59. The number of hydrogen-bond donors (Lipinski definition) is 1. The molecule has 0 aliphatic carbocycles. The van der Waals surface area contributed by atoms with E-state index in [1.807, 2.05) is 24.3 Å². The molecule has 12 heteroatoms. The molecule has 4 aromatic rings. The van der Waals surface area contributed by atoms with Crippen molar-refractivity contribution in [3.05, 3.63) is 68.7 Å². The molecule has 11 nitrogen and oxygen atoms in total. The van der Waals surface area contributed by atoms with Gasteiger partial charge in [-0.15, -0.1) is 11.3 Å². The van der Waals surface area contributed by atoms with Gasteiger partial charge in [0.15, 0.2) is 0 Å². The Balaban J connectivity index is 1.76. The van der Waals surface area contributed by atoms with Crippen LogP contribution in [0.2, 0.25) is 0 Å². The summed E-state index contributed by atoms with van der Waals surface area (Å²) in [6.45, 7) is 5.89. The summed E-state index contributed by atoms with van der Waals surface area (Å²) in [7, 11) is 1.58. The molecule has 0 spiro atoms. The Bertz CT molecular complexity index is 1650. The van der Waals surface area contributed by atoms with E-state index in [1.165, 1.54) is 42.2 Å². The number of fused-ring (bicyclic) bond motifs is 1. The van der Waals surface area contributed by atoms with Crippen molar-refractivity contribution >= 4 is 27.5 Å². The maximum atomic E-state index is 14.2. The molecule has 0 radical (unpaired) electrons. The van der Waals surface area contributed by atoms with Gasteiger partial charge < -0.3 is 24.4 Å². The first-order chi connectivity index (χ1) is 19.1. The van der Waals surface area contributed by atoms with Gasteiger partial charge in [-0.05, 0) is 45.2 Å². The van der Waals surface area contributed by atoms with Gasteiger partial charge in [0.05, 0.1) is 36.2 Å². The van der Waals surface area contributed by atoms with Crippen LogP contribution in [0.3, 0.4) is 0 Å². The van der Waals surface area contributed by atoms with Crippen LogP contribution in [-0.4, -0.2) is 46.5 Å². The fourth-order valence-corrected chi connectivity index (χ4v) is 6.25. The third-order valence-corrected chi connectivity index (χ3v) is 8.66. The van der Waals surface area contributed by atoms with Crippen LogP contribution >= 0.6 is 11.3 Å². The Morgan fingerprint density at radius 3 is 2.62 bits per heavy atom. The zero-order valence-electron chi connectivity index (χ0n) is 22.8. The summed E-state index contributed by atoms with van der Waals surface area (Å²) in [5.41, 5.74) is 4.16. The standard InChI is InChI=1S/C28H32N4O7S/c1-16-21-24(33)32(28(2,3)26(29)34)27(35)31(25(21)40-22(16)23-30-11-14-38-23)15-20(39-17-9-12-37-13-10-17)18-7-5-6-8-19(18)36-4/h5-8,11,14,17,20H,9-10,12-13,15H2,1-4H3,(H2,29,34)/t20-/m1/s1. The van der Waals surface area contributed by atoms with Gasteiger partial charge >= 0.3 is 5.69 Å². The van der Waals surface area contributed by atoms with Gasteiger partial charge in [-0.1, -0.05) is 18.2 Å². The minimum absolute atomic E-state index is 0.0488. The van der Waals surface area contributed by atoms with Crippen molar-refractivity contribution in [1.29, 1.82) is 0 Å². The topological polar surface area (TPSA) is 141 Å². The van der Waals surface area contributed by atoms with Crippen LogP contribution in [0.25, 0.3) is 21.0 Å². The average Bonchev–Trinajstić information content (AvgIpc) is 3.59. The van der Waals surface area contributed by atoms with E-state index in [1.54, 1.807) is 14.0 Å². The number of oxazole rings is 1. The second-order valence-corrected chi connectivity index (χ2v) is 11.2. The van der Waals surface area contributed by atoms with Crippen LogP contribution in [0, 0.1) is 6.92 Å². The summed E-state index contributed by atoms with van der Waals surface area (Å²) < 4.78 is 25.7. The summed E-state index contributed by atoms with van der Waals surface area (Å²) in [6, 6.07) is 7.47. The molecule has 4 heterocycles. The normalized spacial score (nSPS) is 15.4. The Hall–Kier alpha value is -3.74. The average molecular weight is 569 g/mol. The molecule has 1 aromatic carbocycles. The first-order valence-electron chi connectivity index (χ1n) is 13.0. The number of thiophene rings is 1. The SMILES string of the molecule is COc1ccccc1[C@@H](Cn1c(=O)n(C(C)(C)C(N)=O)c(=O)c2c(C)c(-c3ncco3)sc21)OC1CCOCC1. The molecule has 212 valence electrons. The highest BCUT2D eigenvalue weighted by molar-refractivity contribution is 7.22. The Morgan fingerprint density at radius 1 is 1.25 bits per heavy atom. The van der Waals surface area contributed by atoms with E-state index in [-0.39, 0.29) is 18.0 Å². The van der Waals surface area contributed by atoms with Crippen LogP contribution in [0.5, 0.6) is 5.75 Å². The van der Waals surface area contributed by atoms with E-state index in [2.05, 4.69) is 4.98 Å². The van der Waals surface area contributed by atoms with Crippen molar-refractivity contribution in [3.8, 4) is 16.5 Å². The Kier molecular flexibility index (Phi) is 7.67. The van der Waals surface area contributed by atoms with Crippen molar-refractivity contribution < 1.29 is 23.4 Å². The Morgan fingerprint density at radius 2 is 1.98 bits per heavy atom. The number of primary amides is 1. The fourth-order valence-electron chi connectivity index (χ4n) is 5.01. The van der Waals surface area contributed by atoms with Crippen molar-refractivity contribution in [3.63, 3.8) is 0 Å². The summed E-state index contributed by atoms with van der Waals surface area (Å²) in [4.78, 5) is 45.8. The third-order valence-electron chi connectivity index (χ3n) is 7.36. The van der Waals surface area contributed by atoms with Crippen LogP contribution in [-0.2, 0) is 26.4 Å². The molecule has 1 fully saturated rings. The number of amides is 1. The second-order valence-electron chi connectivity index (χ2n) is 10.2. The van der Waals surface area contributed by atoms with Gasteiger partial charge in [-0.2, -0.15) is 0 Å². The molecule has 1 aliphatic heterocycles. The number of hydrogen-bond acceptors (Lipinski definition) is 9. The maximum Gasteiger partial charge on any atom is 0.333 e. The smallest absolute Gasteiger partial charge is 0.333 e. The number of benzene rings is 1. The molecule has 0 unspecified atom stereocenters. The lowest BCUT2D eigenvalue weighted by Gasteiger charge is -2.30.